The highest BCUT2D eigenvalue weighted by Crippen LogP contribution is 2.48. The Morgan fingerprint density at radius 2 is 1.64 bits per heavy atom. The van der Waals surface area contributed by atoms with E-state index >= 15 is 0 Å². The summed E-state index contributed by atoms with van der Waals surface area (Å²) in [6.45, 7) is 8.97. The van der Waals surface area contributed by atoms with Crippen molar-refractivity contribution in [3.05, 3.63) is 70.3 Å². The third kappa shape index (κ3) is 8.62. The van der Waals surface area contributed by atoms with Crippen LogP contribution in [0.3, 0.4) is 0 Å². The molecule has 2 aliphatic rings. The van der Waals surface area contributed by atoms with E-state index in [1.54, 1.807) is 18.7 Å². The van der Waals surface area contributed by atoms with Crippen LogP contribution >= 0.6 is 10.9 Å². The molecule has 0 aliphatic carbocycles. The zero-order valence-electron chi connectivity index (χ0n) is 26.6. The number of rotatable bonds is 11. The molecule has 9 nitrogen and oxygen atoms in total. The van der Waals surface area contributed by atoms with E-state index in [-0.39, 0.29) is 23.7 Å². The van der Waals surface area contributed by atoms with E-state index in [4.69, 9.17) is 5.11 Å². The van der Waals surface area contributed by atoms with Gasteiger partial charge in [-0.1, -0.05) is 42.5 Å². The molecule has 2 aromatic rings. The van der Waals surface area contributed by atoms with Gasteiger partial charge in [-0.2, -0.15) is 0 Å². The fraction of sp³-hybridized carbons (Fsp3) is 0.588. The summed E-state index contributed by atoms with van der Waals surface area (Å²) in [6.07, 6.45) is 1.63. The average Bonchev–Trinajstić information content (AvgIpc) is 2.98. The lowest BCUT2D eigenvalue weighted by molar-refractivity contribution is -0.142. The molecule has 0 aromatic heterocycles. The first-order valence-electron chi connectivity index (χ1n) is 15.7. The maximum Gasteiger partial charge on any atom is 0.247 e. The Balaban J connectivity index is 1.26. The van der Waals surface area contributed by atoms with E-state index in [1.807, 2.05) is 6.07 Å². The number of benzene rings is 2. The predicted molar refractivity (Wildman–Crippen MR) is 176 cm³/mol. The Morgan fingerprint density at radius 3 is 2.30 bits per heavy atom. The molecule has 44 heavy (non-hydrogen) atoms. The first-order valence-corrected chi connectivity index (χ1v) is 17.8. The molecule has 0 radical (unpaired) electrons. The highest BCUT2D eigenvalue weighted by atomic mass is 32.2. The van der Waals surface area contributed by atoms with Crippen LogP contribution in [-0.2, 0) is 22.4 Å². The fourth-order valence-electron chi connectivity index (χ4n) is 6.38. The second-order valence-electron chi connectivity index (χ2n) is 13.0. The summed E-state index contributed by atoms with van der Waals surface area (Å²) in [4.78, 5) is 29.7. The van der Waals surface area contributed by atoms with Gasteiger partial charge in [0.15, 0.2) is 0 Å². The molecule has 5 atom stereocenters. The van der Waals surface area contributed by atoms with Crippen LogP contribution < -0.4 is 5.32 Å². The van der Waals surface area contributed by atoms with Gasteiger partial charge in [-0.15, -0.1) is 0 Å². The van der Waals surface area contributed by atoms with Gasteiger partial charge >= 0.3 is 0 Å². The number of hydrogen-bond acceptors (Lipinski definition) is 7. The third-order valence-corrected chi connectivity index (χ3v) is 11.6. The zero-order chi connectivity index (χ0) is 32.0. The Labute approximate surface area is 264 Å². The number of carbonyl (C=O) groups excluding carboxylic acids is 2. The Morgan fingerprint density at radius 1 is 0.977 bits per heavy atom. The molecule has 4 rings (SSSR count). The molecule has 2 fully saturated rings. The third-order valence-electron chi connectivity index (χ3n) is 9.08. The molecular weight excluding hydrogens is 578 g/mol. The number of aliphatic hydroxyl groups excluding tert-OH is 4. The number of aliphatic hydroxyl groups is 4. The molecule has 244 valence electrons. The summed E-state index contributed by atoms with van der Waals surface area (Å²) in [6, 6.07) is 14.7. The van der Waals surface area contributed by atoms with Gasteiger partial charge in [-0.05, 0) is 74.1 Å². The van der Waals surface area contributed by atoms with E-state index in [0.717, 1.165) is 37.1 Å². The van der Waals surface area contributed by atoms with E-state index in [0.29, 0.717) is 38.2 Å². The first kappa shape index (κ1) is 34.4. The van der Waals surface area contributed by atoms with Crippen LogP contribution in [0.4, 0.5) is 0 Å². The minimum absolute atomic E-state index is 0.0762. The van der Waals surface area contributed by atoms with Crippen molar-refractivity contribution in [1.82, 2.24) is 15.1 Å². The van der Waals surface area contributed by atoms with Crippen molar-refractivity contribution in [3.8, 4) is 0 Å². The van der Waals surface area contributed by atoms with Gasteiger partial charge in [-0.25, -0.2) is 10.9 Å². The van der Waals surface area contributed by atoms with E-state index in [9.17, 15) is 24.9 Å². The van der Waals surface area contributed by atoms with Crippen LogP contribution in [0.1, 0.15) is 59.8 Å². The lowest BCUT2D eigenvalue weighted by atomic mass is 9.93. The molecule has 2 aromatic carbocycles. The summed E-state index contributed by atoms with van der Waals surface area (Å²) in [7, 11) is -0.666. The lowest BCUT2D eigenvalue weighted by Gasteiger charge is -2.42. The van der Waals surface area contributed by atoms with Crippen molar-refractivity contribution in [1.29, 1.82) is 0 Å². The summed E-state index contributed by atoms with van der Waals surface area (Å²) in [5.74, 6) is 0.313. The van der Waals surface area contributed by atoms with E-state index < -0.39 is 34.7 Å². The van der Waals surface area contributed by atoms with Gasteiger partial charge in [0.1, 0.15) is 11.6 Å². The van der Waals surface area contributed by atoms with Gasteiger partial charge in [0, 0.05) is 50.1 Å². The second-order valence-corrected chi connectivity index (χ2v) is 15.4. The molecule has 0 bridgehead atoms. The molecular formula is C34H51N3O6S. The van der Waals surface area contributed by atoms with Crippen molar-refractivity contribution in [3.63, 3.8) is 0 Å². The Bertz CT molecular complexity index is 1260. The molecule has 2 amide bonds. The summed E-state index contributed by atoms with van der Waals surface area (Å²) in [5.41, 5.74) is 4.70. The molecule has 2 saturated heterocycles. The average molecular weight is 630 g/mol. The molecule has 0 saturated carbocycles. The monoisotopic (exact) mass is 629 g/mol. The number of aryl methyl sites for hydroxylation is 2. The normalized spacial score (nSPS) is 25.5. The van der Waals surface area contributed by atoms with Crippen LogP contribution in [0.15, 0.2) is 42.5 Å². The maximum absolute atomic E-state index is 13.1. The van der Waals surface area contributed by atoms with Crippen LogP contribution in [0.5, 0.6) is 0 Å². The van der Waals surface area contributed by atoms with Crippen molar-refractivity contribution < 1.29 is 30.0 Å². The smallest absolute Gasteiger partial charge is 0.247 e. The minimum Gasteiger partial charge on any atom is -0.395 e. The fourth-order valence-corrected chi connectivity index (χ4v) is 8.78. The van der Waals surface area contributed by atoms with Crippen LogP contribution in [0.2, 0.25) is 0 Å². The summed E-state index contributed by atoms with van der Waals surface area (Å²) in [5, 5.41) is 43.0. The largest absolute Gasteiger partial charge is 0.395 e. The lowest BCUT2D eigenvalue weighted by Crippen LogP contribution is -2.59. The van der Waals surface area contributed by atoms with Crippen LogP contribution in [0.25, 0.3) is 0 Å². The molecule has 2 heterocycles. The zero-order valence-corrected chi connectivity index (χ0v) is 27.5. The Hall–Kier alpha value is -2.47. The van der Waals surface area contributed by atoms with Crippen molar-refractivity contribution >= 4 is 22.7 Å². The second kappa shape index (κ2) is 15.2. The quantitative estimate of drug-likeness (QED) is 0.209. The SMILES string of the molecule is Cc1ccc([C@H]2[C@H](O)[C@H](O)[C@H](O)C[SH]2C)cc1Cc1ccc(CCCC(=O)NC(C)(C)C(=O)N2CCN(CCO)CC2)cc1. The van der Waals surface area contributed by atoms with Crippen LogP contribution in [0, 0.1) is 6.92 Å². The number of amides is 2. The summed E-state index contributed by atoms with van der Waals surface area (Å²) < 4.78 is 0. The van der Waals surface area contributed by atoms with Crippen molar-refractivity contribution in [2.75, 3.05) is 51.3 Å². The number of carbonyl (C=O) groups is 2. The van der Waals surface area contributed by atoms with Gasteiger partial charge < -0.3 is 30.6 Å². The van der Waals surface area contributed by atoms with Gasteiger partial charge in [0.25, 0.3) is 0 Å². The summed E-state index contributed by atoms with van der Waals surface area (Å²) >= 11 is 0. The highest BCUT2D eigenvalue weighted by molar-refractivity contribution is 8.16. The Kier molecular flexibility index (Phi) is 11.9. The standard InChI is InChI=1S/C34H51N3O6S/c1-23-8-13-26(32-31(42)30(41)28(39)22-44(32)4)21-27(23)20-25-11-9-24(10-12-25)6-5-7-29(40)35-34(2,3)33(43)37-16-14-36(15-17-37)18-19-38/h8-13,21,28,30-32,38-39,41-42,44H,5-7,14-20,22H2,1-4H3,(H,35,40)/t28-,30-,31-,32+/m1/s1. The number of hydrogen-bond donors (Lipinski definition) is 6. The molecule has 0 spiro atoms. The number of β-amino-alcohol motifs (C(OH)–C–C–N with tert-alkyl or cyclic N) is 1. The van der Waals surface area contributed by atoms with E-state index in [1.165, 1.54) is 16.7 Å². The molecule has 2 aliphatic heterocycles. The van der Waals surface area contributed by atoms with Gasteiger partial charge in [0.05, 0.1) is 18.8 Å². The highest BCUT2D eigenvalue weighted by Gasteiger charge is 2.40. The number of nitrogens with one attached hydrogen (secondary N) is 1. The predicted octanol–water partition coefficient (Wildman–Crippen LogP) is 1.71. The van der Waals surface area contributed by atoms with Crippen molar-refractivity contribution in [2.24, 2.45) is 0 Å². The minimum atomic E-state index is -1.12. The number of thiol groups is 1. The maximum atomic E-state index is 13.1. The first-order chi connectivity index (χ1) is 20.9. The number of piperazine rings is 1. The van der Waals surface area contributed by atoms with Crippen molar-refractivity contribution in [2.45, 2.75) is 75.6 Å². The van der Waals surface area contributed by atoms with Crippen LogP contribution in [-0.4, -0.2) is 117 Å². The molecule has 10 heteroatoms. The molecule has 1 unspecified atom stereocenters. The molecule has 5 N–H and O–H groups in total. The van der Waals surface area contributed by atoms with Gasteiger partial charge in [0.2, 0.25) is 11.8 Å². The van der Waals surface area contributed by atoms with E-state index in [2.05, 4.69) is 59.8 Å². The van der Waals surface area contributed by atoms with Gasteiger partial charge in [-0.3, -0.25) is 14.5 Å². The topological polar surface area (TPSA) is 134 Å². The number of nitrogens with zero attached hydrogens (tertiary/aromatic N) is 2.